The third-order valence-corrected chi connectivity index (χ3v) is 3.67. The summed E-state index contributed by atoms with van der Waals surface area (Å²) in [5, 5.41) is 10.1. The lowest BCUT2D eigenvalue weighted by atomic mass is 10.1. The summed E-state index contributed by atoms with van der Waals surface area (Å²) < 4.78 is 10.4. The van der Waals surface area contributed by atoms with Gasteiger partial charge >= 0.3 is 0 Å². The summed E-state index contributed by atoms with van der Waals surface area (Å²) in [6, 6.07) is 5.49. The highest BCUT2D eigenvalue weighted by molar-refractivity contribution is 7.99. The molecule has 17 heavy (non-hydrogen) atoms. The van der Waals surface area contributed by atoms with Crippen molar-refractivity contribution in [1.29, 1.82) is 0 Å². The van der Waals surface area contributed by atoms with E-state index in [2.05, 4.69) is 6.92 Å². The van der Waals surface area contributed by atoms with Crippen LogP contribution in [0.15, 0.2) is 18.2 Å². The molecule has 1 aromatic carbocycles. The predicted octanol–water partition coefficient (Wildman–Crippen LogP) is 2.88. The van der Waals surface area contributed by atoms with Gasteiger partial charge in [-0.1, -0.05) is 6.92 Å². The van der Waals surface area contributed by atoms with E-state index in [9.17, 15) is 5.11 Å². The average molecular weight is 256 g/mol. The number of hydrogen-bond acceptors (Lipinski definition) is 4. The molecule has 0 radical (unpaired) electrons. The van der Waals surface area contributed by atoms with Crippen LogP contribution < -0.4 is 9.47 Å². The highest BCUT2D eigenvalue weighted by Crippen LogP contribution is 2.31. The topological polar surface area (TPSA) is 38.7 Å². The van der Waals surface area contributed by atoms with E-state index in [0.29, 0.717) is 11.5 Å². The van der Waals surface area contributed by atoms with Gasteiger partial charge in [0.25, 0.3) is 0 Å². The first-order chi connectivity index (χ1) is 8.22. The van der Waals surface area contributed by atoms with Gasteiger partial charge in [0.05, 0.1) is 20.3 Å². The Bertz CT molecular complexity index is 341. The summed E-state index contributed by atoms with van der Waals surface area (Å²) in [4.78, 5) is 0. The van der Waals surface area contributed by atoms with Crippen LogP contribution >= 0.6 is 11.8 Å². The molecule has 0 bridgehead atoms. The van der Waals surface area contributed by atoms with Crippen molar-refractivity contribution < 1.29 is 14.6 Å². The molecule has 1 rings (SSSR count). The Balaban J connectivity index is 2.74. The summed E-state index contributed by atoms with van der Waals surface area (Å²) in [7, 11) is 3.21. The molecule has 0 saturated carbocycles. The molecule has 0 amide bonds. The lowest BCUT2D eigenvalue weighted by Gasteiger charge is -2.15. The second kappa shape index (κ2) is 7.45. The highest BCUT2D eigenvalue weighted by atomic mass is 32.2. The van der Waals surface area contributed by atoms with Gasteiger partial charge in [0, 0.05) is 17.4 Å². The first kappa shape index (κ1) is 14.2. The normalized spacial score (nSPS) is 12.2. The molecule has 1 N–H and O–H groups in total. The Morgan fingerprint density at radius 2 is 2.06 bits per heavy atom. The van der Waals surface area contributed by atoms with Crippen molar-refractivity contribution in [1.82, 2.24) is 0 Å². The van der Waals surface area contributed by atoms with Gasteiger partial charge in [0.15, 0.2) is 0 Å². The largest absolute Gasteiger partial charge is 0.497 e. The number of benzene rings is 1. The summed E-state index contributed by atoms with van der Waals surface area (Å²) >= 11 is 1.75. The van der Waals surface area contributed by atoms with Crippen molar-refractivity contribution in [3.05, 3.63) is 23.8 Å². The third kappa shape index (κ3) is 4.13. The van der Waals surface area contributed by atoms with Crippen LogP contribution in [0.4, 0.5) is 0 Å². The number of aliphatic hydroxyl groups excluding tert-OH is 1. The number of rotatable bonds is 7. The Hall–Kier alpha value is -0.870. The van der Waals surface area contributed by atoms with Crippen molar-refractivity contribution in [2.45, 2.75) is 19.4 Å². The van der Waals surface area contributed by atoms with Crippen LogP contribution in [0.1, 0.15) is 25.0 Å². The zero-order valence-electron chi connectivity index (χ0n) is 10.6. The molecule has 0 aliphatic carbocycles. The van der Waals surface area contributed by atoms with E-state index >= 15 is 0 Å². The molecular weight excluding hydrogens is 236 g/mol. The van der Waals surface area contributed by atoms with Crippen molar-refractivity contribution in [3.63, 3.8) is 0 Å². The summed E-state index contributed by atoms with van der Waals surface area (Å²) in [5.41, 5.74) is 0.817. The maximum atomic E-state index is 10.1. The maximum absolute atomic E-state index is 10.1. The van der Waals surface area contributed by atoms with E-state index in [4.69, 9.17) is 9.47 Å². The molecule has 0 spiro atoms. The van der Waals surface area contributed by atoms with Gasteiger partial charge in [0.1, 0.15) is 11.5 Å². The Labute approximate surface area is 107 Å². The van der Waals surface area contributed by atoms with Gasteiger partial charge in [-0.2, -0.15) is 11.8 Å². The molecule has 0 heterocycles. The van der Waals surface area contributed by atoms with Gasteiger partial charge in [-0.3, -0.25) is 0 Å². The van der Waals surface area contributed by atoms with E-state index in [1.165, 1.54) is 0 Å². The number of aliphatic hydroxyl groups is 1. The van der Waals surface area contributed by atoms with Crippen molar-refractivity contribution >= 4 is 11.8 Å². The second-order valence-electron chi connectivity index (χ2n) is 3.70. The second-order valence-corrected chi connectivity index (χ2v) is 4.85. The van der Waals surface area contributed by atoms with Crippen LogP contribution in [0.5, 0.6) is 11.5 Å². The molecule has 0 aromatic heterocycles. The van der Waals surface area contributed by atoms with Crippen LogP contribution in [0, 0.1) is 0 Å². The molecule has 3 nitrogen and oxygen atoms in total. The predicted molar refractivity (Wildman–Crippen MR) is 72.1 cm³/mol. The van der Waals surface area contributed by atoms with Crippen LogP contribution in [0.3, 0.4) is 0 Å². The van der Waals surface area contributed by atoms with Gasteiger partial charge in [-0.15, -0.1) is 0 Å². The van der Waals surface area contributed by atoms with Crippen molar-refractivity contribution in [2.75, 3.05) is 25.7 Å². The smallest absolute Gasteiger partial charge is 0.128 e. The standard InChI is InChI=1S/C13H20O3S/c1-4-7-17-9-12(14)11-6-5-10(15-2)8-13(11)16-3/h5-6,8,12,14H,4,7,9H2,1-3H3. The van der Waals surface area contributed by atoms with Crippen LogP contribution in [0.25, 0.3) is 0 Å². The Morgan fingerprint density at radius 1 is 1.29 bits per heavy atom. The molecule has 96 valence electrons. The molecule has 1 unspecified atom stereocenters. The number of methoxy groups -OCH3 is 2. The number of thioether (sulfide) groups is 1. The molecule has 4 heteroatoms. The average Bonchev–Trinajstić information content (AvgIpc) is 2.38. The van der Waals surface area contributed by atoms with Crippen molar-refractivity contribution in [3.8, 4) is 11.5 Å². The molecule has 0 saturated heterocycles. The van der Waals surface area contributed by atoms with E-state index in [0.717, 1.165) is 23.5 Å². The Morgan fingerprint density at radius 3 is 2.65 bits per heavy atom. The minimum absolute atomic E-state index is 0.493. The van der Waals surface area contributed by atoms with Crippen LogP contribution in [0.2, 0.25) is 0 Å². The summed E-state index contributed by atoms with van der Waals surface area (Å²) in [6.07, 6.45) is 0.629. The first-order valence-electron chi connectivity index (χ1n) is 5.70. The fourth-order valence-electron chi connectivity index (χ4n) is 1.52. The molecule has 0 fully saturated rings. The fourth-order valence-corrected chi connectivity index (χ4v) is 2.38. The lowest BCUT2D eigenvalue weighted by molar-refractivity contribution is 0.199. The highest BCUT2D eigenvalue weighted by Gasteiger charge is 2.13. The first-order valence-corrected chi connectivity index (χ1v) is 6.86. The fraction of sp³-hybridized carbons (Fsp3) is 0.538. The quantitative estimate of drug-likeness (QED) is 0.761. The minimum atomic E-state index is -0.493. The minimum Gasteiger partial charge on any atom is -0.497 e. The van der Waals surface area contributed by atoms with Gasteiger partial charge < -0.3 is 14.6 Å². The Kier molecular flexibility index (Phi) is 6.22. The molecule has 0 aliphatic rings. The molecular formula is C13H20O3S. The summed E-state index contributed by atoms with van der Waals surface area (Å²) in [6.45, 7) is 2.13. The van der Waals surface area contributed by atoms with Gasteiger partial charge in [-0.25, -0.2) is 0 Å². The number of hydrogen-bond donors (Lipinski definition) is 1. The van der Waals surface area contributed by atoms with E-state index in [-0.39, 0.29) is 0 Å². The third-order valence-electron chi connectivity index (χ3n) is 2.42. The van der Waals surface area contributed by atoms with E-state index < -0.39 is 6.10 Å². The monoisotopic (exact) mass is 256 g/mol. The molecule has 1 atom stereocenters. The van der Waals surface area contributed by atoms with E-state index in [1.54, 1.807) is 32.0 Å². The van der Waals surface area contributed by atoms with Gasteiger partial charge in [-0.05, 0) is 24.3 Å². The zero-order chi connectivity index (χ0) is 12.7. The zero-order valence-corrected chi connectivity index (χ0v) is 11.4. The van der Waals surface area contributed by atoms with Crippen molar-refractivity contribution in [2.24, 2.45) is 0 Å². The lowest BCUT2D eigenvalue weighted by Crippen LogP contribution is -2.04. The molecule has 1 aromatic rings. The number of ether oxygens (including phenoxy) is 2. The van der Waals surface area contributed by atoms with Crippen LogP contribution in [-0.4, -0.2) is 30.8 Å². The van der Waals surface area contributed by atoms with Gasteiger partial charge in [0.2, 0.25) is 0 Å². The van der Waals surface area contributed by atoms with Crippen LogP contribution in [-0.2, 0) is 0 Å². The SMILES string of the molecule is CCCSCC(O)c1ccc(OC)cc1OC. The molecule has 0 aliphatic heterocycles. The summed E-state index contributed by atoms with van der Waals surface area (Å²) in [5.74, 6) is 3.17. The maximum Gasteiger partial charge on any atom is 0.128 e. The van der Waals surface area contributed by atoms with E-state index in [1.807, 2.05) is 12.1 Å².